The van der Waals surface area contributed by atoms with E-state index in [-0.39, 0.29) is 5.91 Å². The Balaban J connectivity index is 1.83. The Hall–Kier alpha value is -1.81. The minimum atomic E-state index is -0.490. The van der Waals surface area contributed by atoms with E-state index in [1.165, 1.54) is 0 Å². The van der Waals surface area contributed by atoms with Crippen molar-refractivity contribution in [1.29, 1.82) is 0 Å². The molecular formula is C18H17IN4O2S. The van der Waals surface area contributed by atoms with Gasteiger partial charge in [-0.15, -0.1) is 5.10 Å². The SMILES string of the molecule is CCCCSC1=NN2C(=c3ccccc3=N[C@@H]2c2ccc(I)o2)C(=O)N1. The number of amides is 1. The van der Waals surface area contributed by atoms with E-state index in [0.717, 1.165) is 32.9 Å². The fraction of sp³-hybridized carbons (Fsp3) is 0.278. The van der Waals surface area contributed by atoms with Crippen LogP contribution in [0.1, 0.15) is 31.7 Å². The van der Waals surface area contributed by atoms with E-state index in [1.807, 2.05) is 36.4 Å². The molecule has 0 fully saturated rings. The molecule has 0 bridgehead atoms. The number of carbonyl (C=O) groups is 1. The fourth-order valence-electron chi connectivity index (χ4n) is 2.86. The van der Waals surface area contributed by atoms with E-state index in [0.29, 0.717) is 16.6 Å². The Morgan fingerprint density at radius 1 is 1.31 bits per heavy atom. The Labute approximate surface area is 168 Å². The van der Waals surface area contributed by atoms with Gasteiger partial charge in [0.2, 0.25) is 6.17 Å². The van der Waals surface area contributed by atoms with Gasteiger partial charge in [0.1, 0.15) is 5.70 Å². The van der Waals surface area contributed by atoms with Gasteiger partial charge in [0.05, 0.1) is 5.36 Å². The Morgan fingerprint density at radius 3 is 2.92 bits per heavy atom. The highest BCUT2D eigenvalue weighted by molar-refractivity contribution is 14.1. The maximum absolute atomic E-state index is 12.9. The molecule has 6 nitrogen and oxygen atoms in total. The number of nitrogens with one attached hydrogen (secondary N) is 1. The maximum Gasteiger partial charge on any atom is 0.276 e. The lowest BCUT2D eigenvalue weighted by Crippen LogP contribution is -2.50. The molecule has 2 aromatic rings. The summed E-state index contributed by atoms with van der Waals surface area (Å²) < 4.78 is 6.56. The Bertz CT molecular complexity index is 1000. The molecule has 1 amide bonds. The first-order chi connectivity index (χ1) is 12.7. The van der Waals surface area contributed by atoms with Crippen molar-refractivity contribution in [1.82, 2.24) is 10.3 Å². The molecule has 1 N–H and O–H groups in total. The number of carbonyl (C=O) groups excluding carboxylic acids is 1. The van der Waals surface area contributed by atoms with Gasteiger partial charge in [-0.05, 0) is 47.2 Å². The summed E-state index contributed by atoms with van der Waals surface area (Å²) in [5.41, 5.74) is 0.506. The van der Waals surface area contributed by atoms with Crippen LogP contribution in [-0.2, 0) is 4.79 Å². The van der Waals surface area contributed by atoms with Crippen LogP contribution < -0.4 is 15.9 Å². The van der Waals surface area contributed by atoms with Crippen molar-refractivity contribution in [3.8, 4) is 0 Å². The molecule has 0 spiro atoms. The van der Waals surface area contributed by atoms with Gasteiger partial charge in [0, 0.05) is 11.0 Å². The van der Waals surface area contributed by atoms with E-state index < -0.39 is 6.17 Å². The summed E-state index contributed by atoms with van der Waals surface area (Å²) >= 11 is 3.68. The van der Waals surface area contributed by atoms with Gasteiger partial charge < -0.3 is 4.42 Å². The monoisotopic (exact) mass is 480 g/mol. The molecule has 1 aromatic carbocycles. The third kappa shape index (κ3) is 3.27. The second-order valence-corrected chi connectivity index (χ2v) is 8.06. The largest absolute Gasteiger partial charge is 0.451 e. The second kappa shape index (κ2) is 7.43. The third-order valence-corrected chi connectivity index (χ3v) is 5.63. The van der Waals surface area contributed by atoms with E-state index in [1.54, 1.807) is 16.8 Å². The molecule has 2 aliphatic rings. The highest BCUT2D eigenvalue weighted by Crippen LogP contribution is 2.31. The average Bonchev–Trinajstić information content (AvgIpc) is 3.07. The number of hydrogen-bond donors (Lipinski definition) is 1. The minimum absolute atomic E-state index is 0.160. The van der Waals surface area contributed by atoms with Crippen molar-refractivity contribution in [2.24, 2.45) is 10.1 Å². The zero-order chi connectivity index (χ0) is 18.1. The Kier molecular flexibility index (Phi) is 5.03. The van der Waals surface area contributed by atoms with Gasteiger partial charge in [0.25, 0.3) is 5.91 Å². The minimum Gasteiger partial charge on any atom is -0.451 e. The van der Waals surface area contributed by atoms with Crippen molar-refractivity contribution >= 4 is 51.1 Å². The van der Waals surface area contributed by atoms with Crippen LogP contribution in [0.25, 0.3) is 5.70 Å². The summed E-state index contributed by atoms with van der Waals surface area (Å²) in [5.74, 6) is 1.42. The number of amidine groups is 1. The highest BCUT2D eigenvalue weighted by atomic mass is 127. The van der Waals surface area contributed by atoms with Gasteiger partial charge >= 0.3 is 0 Å². The maximum atomic E-state index is 12.9. The molecule has 4 rings (SSSR count). The van der Waals surface area contributed by atoms with Crippen LogP contribution >= 0.6 is 34.4 Å². The average molecular weight is 480 g/mol. The number of hydrogen-bond acceptors (Lipinski definition) is 6. The predicted octanol–water partition coefficient (Wildman–Crippen LogP) is 2.56. The number of hydrazone groups is 1. The molecule has 0 radical (unpaired) electrons. The third-order valence-electron chi connectivity index (χ3n) is 4.10. The number of fused-ring (bicyclic) bond motifs is 2. The smallest absolute Gasteiger partial charge is 0.276 e. The van der Waals surface area contributed by atoms with Crippen molar-refractivity contribution < 1.29 is 9.21 Å². The quantitative estimate of drug-likeness (QED) is 0.540. The fourth-order valence-corrected chi connectivity index (χ4v) is 4.23. The first kappa shape index (κ1) is 17.6. The first-order valence-electron chi connectivity index (χ1n) is 8.42. The number of para-hydroxylation sites is 1. The molecule has 1 aromatic heterocycles. The van der Waals surface area contributed by atoms with E-state index in [4.69, 9.17) is 9.41 Å². The standard InChI is InChI=1S/C18H17IN4O2S/c1-2-3-10-26-18-21-17(24)15-11-6-4-5-7-12(11)20-16(23(15)22-18)13-8-9-14(19)25-13/h4-9,16H,2-3,10H2,1H3,(H,21,22,24)/t16-/m0/s1. The van der Waals surface area contributed by atoms with Gasteiger partial charge in [-0.3, -0.25) is 10.1 Å². The van der Waals surface area contributed by atoms with Gasteiger partial charge in [-0.1, -0.05) is 43.3 Å². The lowest BCUT2D eigenvalue weighted by atomic mass is 10.1. The number of halogens is 1. The van der Waals surface area contributed by atoms with Gasteiger partial charge in [-0.2, -0.15) is 0 Å². The van der Waals surface area contributed by atoms with Crippen LogP contribution in [0.15, 0.2) is 50.9 Å². The molecule has 8 heteroatoms. The summed E-state index contributed by atoms with van der Waals surface area (Å²) in [6, 6.07) is 11.4. The van der Waals surface area contributed by atoms with Crippen molar-refractivity contribution in [2.45, 2.75) is 25.9 Å². The van der Waals surface area contributed by atoms with Crippen LogP contribution in [0.3, 0.4) is 0 Å². The summed E-state index contributed by atoms with van der Waals surface area (Å²) in [5, 5.41) is 11.4. The lowest BCUT2D eigenvalue weighted by molar-refractivity contribution is -0.116. The van der Waals surface area contributed by atoms with Crippen LogP contribution in [-0.4, -0.2) is 21.8 Å². The number of nitrogens with zero attached hydrogens (tertiary/aromatic N) is 3. The second-order valence-electron chi connectivity index (χ2n) is 5.92. The van der Waals surface area contributed by atoms with E-state index >= 15 is 0 Å². The molecular weight excluding hydrogens is 463 g/mol. The molecule has 3 heterocycles. The van der Waals surface area contributed by atoms with Crippen LogP contribution in [0, 0.1) is 3.77 Å². The van der Waals surface area contributed by atoms with E-state index in [2.05, 4.69) is 39.9 Å². The van der Waals surface area contributed by atoms with Crippen LogP contribution in [0.5, 0.6) is 0 Å². The van der Waals surface area contributed by atoms with Gasteiger partial charge in [-0.25, -0.2) is 10.0 Å². The predicted molar refractivity (Wildman–Crippen MR) is 110 cm³/mol. The van der Waals surface area contributed by atoms with Crippen LogP contribution in [0.4, 0.5) is 0 Å². The highest BCUT2D eigenvalue weighted by Gasteiger charge is 2.35. The molecule has 2 aliphatic heterocycles. The van der Waals surface area contributed by atoms with Crippen LogP contribution in [0.2, 0.25) is 0 Å². The van der Waals surface area contributed by atoms with E-state index in [9.17, 15) is 4.79 Å². The first-order valence-corrected chi connectivity index (χ1v) is 10.5. The van der Waals surface area contributed by atoms with Gasteiger partial charge in [0.15, 0.2) is 14.7 Å². The molecule has 26 heavy (non-hydrogen) atoms. The molecule has 1 atom stereocenters. The summed E-state index contributed by atoms with van der Waals surface area (Å²) in [6.45, 7) is 2.14. The normalized spacial score (nSPS) is 18.6. The molecule has 0 saturated heterocycles. The summed E-state index contributed by atoms with van der Waals surface area (Å²) in [7, 11) is 0. The van der Waals surface area contributed by atoms with Crippen molar-refractivity contribution in [3.63, 3.8) is 0 Å². The Morgan fingerprint density at radius 2 is 2.15 bits per heavy atom. The molecule has 0 aliphatic carbocycles. The summed E-state index contributed by atoms with van der Waals surface area (Å²) in [6.07, 6.45) is 1.69. The number of unbranched alkanes of at least 4 members (excludes halogenated alkanes) is 1. The van der Waals surface area contributed by atoms with Crippen molar-refractivity contribution in [2.75, 3.05) is 5.75 Å². The number of benzene rings is 1. The molecule has 0 saturated carbocycles. The zero-order valence-corrected chi connectivity index (χ0v) is 17.1. The number of thioether (sulfide) groups is 1. The topological polar surface area (TPSA) is 70.2 Å². The van der Waals surface area contributed by atoms with Crippen molar-refractivity contribution in [3.05, 3.63) is 56.5 Å². The number of rotatable bonds is 4. The number of furan rings is 1. The zero-order valence-electron chi connectivity index (χ0n) is 14.1. The summed E-state index contributed by atoms with van der Waals surface area (Å²) in [4.78, 5) is 17.6. The molecule has 134 valence electrons. The molecule has 0 unspecified atom stereocenters. The lowest BCUT2D eigenvalue weighted by Gasteiger charge is -2.32.